The van der Waals surface area contributed by atoms with Crippen molar-refractivity contribution in [2.45, 2.75) is 0 Å². The van der Waals surface area contributed by atoms with Crippen LogP contribution in [0.1, 0.15) is 0 Å². The molecule has 0 atom stereocenters. The summed E-state index contributed by atoms with van der Waals surface area (Å²) < 4.78 is 18.1. The maximum absolute atomic E-state index is 13.0. The van der Waals surface area contributed by atoms with Crippen LogP contribution in [0.3, 0.4) is 0 Å². The van der Waals surface area contributed by atoms with Gasteiger partial charge in [-0.2, -0.15) is 0 Å². The predicted molar refractivity (Wildman–Crippen MR) is 55.2 cm³/mol. The molecule has 0 aliphatic rings. The van der Waals surface area contributed by atoms with Gasteiger partial charge in [-0.15, -0.1) is 11.8 Å². The van der Waals surface area contributed by atoms with E-state index in [4.69, 9.17) is 14.8 Å². The molecule has 0 aromatic heterocycles. The van der Waals surface area contributed by atoms with Crippen LogP contribution in [0, 0.1) is 5.82 Å². The fourth-order valence-corrected chi connectivity index (χ4v) is 1.19. The Morgan fingerprint density at radius 3 is 2.79 bits per heavy atom. The zero-order valence-electron chi connectivity index (χ0n) is 7.61. The lowest BCUT2D eigenvalue weighted by atomic mass is 9.80. The summed E-state index contributed by atoms with van der Waals surface area (Å²) in [5.41, 5.74) is -0.177. The van der Waals surface area contributed by atoms with Crippen LogP contribution in [0.25, 0.3) is 0 Å². The summed E-state index contributed by atoms with van der Waals surface area (Å²) >= 11 is 1.47. The first-order valence-corrected chi connectivity index (χ1v) is 5.32. The van der Waals surface area contributed by atoms with E-state index in [0.29, 0.717) is 11.7 Å². The van der Waals surface area contributed by atoms with Crippen LogP contribution in [0.2, 0.25) is 0 Å². The molecule has 0 saturated heterocycles. The van der Waals surface area contributed by atoms with Gasteiger partial charge in [-0.3, -0.25) is 0 Å². The van der Waals surface area contributed by atoms with E-state index in [0.717, 1.165) is 6.07 Å². The lowest BCUT2D eigenvalue weighted by Gasteiger charge is -2.07. The van der Waals surface area contributed by atoms with Crippen LogP contribution in [0.5, 0.6) is 5.75 Å². The molecule has 6 heteroatoms. The molecule has 0 unspecified atom stereocenters. The third-order valence-electron chi connectivity index (χ3n) is 1.59. The number of hydrogen-bond acceptors (Lipinski definition) is 4. The van der Waals surface area contributed by atoms with Crippen molar-refractivity contribution in [3.05, 3.63) is 24.0 Å². The molecule has 0 saturated carbocycles. The lowest BCUT2D eigenvalue weighted by molar-refractivity contribution is 0.391. The maximum atomic E-state index is 13.0. The number of benzene rings is 1. The summed E-state index contributed by atoms with van der Waals surface area (Å²) in [6, 6.07) is 3.86. The van der Waals surface area contributed by atoms with Gasteiger partial charge in [0.15, 0.2) is 0 Å². The topological polar surface area (TPSA) is 49.7 Å². The minimum Gasteiger partial charge on any atom is -0.483 e. The highest BCUT2D eigenvalue weighted by Gasteiger charge is 2.17. The van der Waals surface area contributed by atoms with Crippen molar-refractivity contribution in [3.63, 3.8) is 0 Å². The van der Waals surface area contributed by atoms with Crippen LogP contribution in [-0.2, 0) is 0 Å². The van der Waals surface area contributed by atoms with Crippen LogP contribution in [-0.4, -0.2) is 29.4 Å². The normalized spacial score (nSPS) is 10.0. The van der Waals surface area contributed by atoms with E-state index in [9.17, 15) is 4.39 Å². The largest absolute Gasteiger partial charge is 0.491 e. The molecule has 0 aliphatic heterocycles. The number of ether oxygens (including phenoxy) is 1. The van der Waals surface area contributed by atoms with E-state index in [2.05, 4.69) is 0 Å². The molecule has 0 spiro atoms. The van der Waals surface area contributed by atoms with Gasteiger partial charge in [0.25, 0.3) is 0 Å². The Morgan fingerprint density at radius 1 is 1.50 bits per heavy atom. The average molecular weight is 216 g/mol. The third kappa shape index (κ3) is 2.90. The van der Waals surface area contributed by atoms with Crippen molar-refractivity contribution in [1.82, 2.24) is 0 Å². The molecule has 1 aromatic rings. The Balaban J connectivity index is 2.83. The summed E-state index contributed by atoms with van der Waals surface area (Å²) in [6.07, 6.45) is 1.87. The van der Waals surface area contributed by atoms with Gasteiger partial charge in [-0.25, -0.2) is 4.39 Å². The quantitative estimate of drug-likeness (QED) is 0.557. The zero-order valence-corrected chi connectivity index (χ0v) is 8.42. The van der Waals surface area contributed by atoms with E-state index in [1.165, 1.54) is 23.9 Å². The fourth-order valence-electron chi connectivity index (χ4n) is 0.936. The summed E-state index contributed by atoms with van der Waals surface area (Å²) in [5, 5.41) is 17.6. The van der Waals surface area contributed by atoms with E-state index < -0.39 is 12.9 Å². The van der Waals surface area contributed by atoms with Crippen molar-refractivity contribution in [1.29, 1.82) is 0 Å². The van der Waals surface area contributed by atoms with Crippen molar-refractivity contribution < 1.29 is 19.2 Å². The Labute approximate surface area is 86.0 Å². The van der Waals surface area contributed by atoms with Gasteiger partial charge in [-0.1, -0.05) is 0 Å². The highest BCUT2D eigenvalue weighted by Crippen LogP contribution is 2.11. The zero-order chi connectivity index (χ0) is 10.6. The van der Waals surface area contributed by atoms with Gasteiger partial charge in [0.2, 0.25) is 0 Å². The number of rotatable bonds is 4. The Kier molecular flexibility index (Phi) is 4.25. The SMILES string of the molecule is CSCOc1ccc(F)c(B(O)O)c1. The first-order valence-electron chi connectivity index (χ1n) is 3.92. The van der Waals surface area contributed by atoms with Gasteiger partial charge in [0.05, 0.1) is 0 Å². The number of halogens is 1. The Bertz CT molecular complexity index is 309. The molecule has 0 fully saturated rings. The molecular weight excluding hydrogens is 206 g/mol. The van der Waals surface area contributed by atoms with E-state index in [1.54, 1.807) is 0 Å². The summed E-state index contributed by atoms with van der Waals surface area (Å²) in [4.78, 5) is 0. The second-order valence-corrected chi connectivity index (χ2v) is 3.42. The van der Waals surface area contributed by atoms with E-state index in [-0.39, 0.29) is 5.46 Å². The molecule has 0 radical (unpaired) electrons. The molecule has 76 valence electrons. The molecule has 0 bridgehead atoms. The van der Waals surface area contributed by atoms with E-state index >= 15 is 0 Å². The number of hydrogen-bond donors (Lipinski definition) is 2. The Hall–Kier alpha value is -0.715. The smallest absolute Gasteiger partial charge is 0.483 e. The molecule has 14 heavy (non-hydrogen) atoms. The van der Waals surface area contributed by atoms with Crippen molar-refractivity contribution in [2.75, 3.05) is 12.2 Å². The second kappa shape index (κ2) is 5.24. The van der Waals surface area contributed by atoms with Crippen molar-refractivity contribution in [3.8, 4) is 5.75 Å². The average Bonchev–Trinajstić information content (AvgIpc) is 2.16. The Morgan fingerprint density at radius 2 is 2.21 bits per heavy atom. The molecule has 0 amide bonds. The predicted octanol–water partition coefficient (Wildman–Crippen LogP) is 0.205. The first kappa shape index (κ1) is 11.4. The van der Waals surface area contributed by atoms with E-state index in [1.807, 2.05) is 6.26 Å². The van der Waals surface area contributed by atoms with Crippen LogP contribution >= 0.6 is 11.8 Å². The van der Waals surface area contributed by atoms with Crippen LogP contribution < -0.4 is 10.2 Å². The molecule has 0 heterocycles. The molecule has 1 aromatic carbocycles. The standard InChI is InChI=1S/C8H10BFO3S/c1-14-5-13-6-2-3-8(10)7(4-6)9(11)12/h2-4,11-12H,5H2,1H3. The summed E-state index contributed by atoms with van der Waals surface area (Å²) in [5.74, 6) is 0.201. The van der Waals surface area contributed by atoms with Gasteiger partial charge < -0.3 is 14.8 Å². The van der Waals surface area contributed by atoms with Crippen molar-refractivity contribution >= 4 is 24.3 Å². The van der Waals surface area contributed by atoms with Crippen LogP contribution in [0.4, 0.5) is 4.39 Å². The van der Waals surface area contributed by atoms with Gasteiger partial charge in [0, 0.05) is 5.46 Å². The molecule has 2 N–H and O–H groups in total. The molecule has 0 aliphatic carbocycles. The second-order valence-electron chi connectivity index (χ2n) is 2.61. The first-order chi connectivity index (χ1) is 6.65. The molecule has 3 nitrogen and oxygen atoms in total. The minimum atomic E-state index is -1.81. The highest BCUT2D eigenvalue weighted by atomic mass is 32.2. The van der Waals surface area contributed by atoms with Gasteiger partial charge in [-0.05, 0) is 24.5 Å². The van der Waals surface area contributed by atoms with Crippen molar-refractivity contribution in [2.24, 2.45) is 0 Å². The highest BCUT2D eigenvalue weighted by molar-refractivity contribution is 7.98. The third-order valence-corrected chi connectivity index (χ3v) is 1.94. The maximum Gasteiger partial charge on any atom is 0.491 e. The summed E-state index contributed by atoms with van der Waals surface area (Å²) in [6.45, 7) is 0. The number of thioether (sulfide) groups is 1. The molecule has 1 rings (SSSR count). The minimum absolute atomic E-state index is 0.177. The molecular formula is C8H10BFO3S. The fraction of sp³-hybridized carbons (Fsp3) is 0.250. The summed E-state index contributed by atoms with van der Waals surface area (Å²) in [7, 11) is -1.81. The lowest BCUT2D eigenvalue weighted by Crippen LogP contribution is -2.32. The van der Waals surface area contributed by atoms with Gasteiger partial charge in [0.1, 0.15) is 17.5 Å². The monoisotopic (exact) mass is 216 g/mol. The van der Waals surface area contributed by atoms with Crippen LogP contribution in [0.15, 0.2) is 18.2 Å². The van der Waals surface area contributed by atoms with Gasteiger partial charge >= 0.3 is 7.12 Å².